The first-order chi connectivity index (χ1) is 7.90. The molecule has 0 unspecified atom stereocenters. The van der Waals surface area contributed by atoms with Gasteiger partial charge < -0.3 is 11.5 Å². The average molecular weight is 243 g/mol. The Morgan fingerprint density at radius 3 is 2.59 bits per heavy atom. The van der Waals surface area contributed by atoms with Gasteiger partial charge in [0, 0.05) is 17.8 Å². The standard InChI is InChI=1S/C11H15F2N3O/c1-16(6-10(12)13)5-8-3-2-7(11(15)17)4-9(8)14/h2-4,10H,5-6,14H2,1H3,(H2,15,17). The molecule has 1 aromatic carbocycles. The molecule has 0 spiro atoms. The largest absolute Gasteiger partial charge is 0.398 e. The zero-order valence-electron chi connectivity index (χ0n) is 9.49. The van der Waals surface area contributed by atoms with Crippen LogP contribution in [0.2, 0.25) is 0 Å². The van der Waals surface area contributed by atoms with Crippen molar-refractivity contribution >= 4 is 11.6 Å². The first-order valence-corrected chi connectivity index (χ1v) is 5.05. The molecule has 0 aliphatic carbocycles. The van der Waals surface area contributed by atoms with Crippen LogP contribution in [-0.2, 0) is 6.54 Å². The van der Waals surface area contributed by atoms with E-state index in [0.717, 1.165) is 0 Å². The van der Waals surface area contributed by atoms with Gasteiger partial charge in [0.05, 0.1) is 6.54 Å². The second-order valence-corrected chi connectivity index (χ2v) is 3.87. The van der Waals surface area contributed by atoms with Crippen molar-refractivity contribution in [2.45, 2.75) is 13.0 Å². The fourth-order valence-electron chi connectivity index (χ4n) is 1.48. The molecule has 4 N–H and O–H groups in total. The molecule has 94 valence electrons. The van der Waals surface area contributed by atoms with Gasteiger partial charge in [0.25, 0.3) is 6.43 Å². The maximum atomic E-state index is 12.1. The van der Waals surface area contributed by atoms with Crippen LogP contribution in [0.1, 0.15) is 15.9 Å². The van der Waals surface area contributed by atoms with Gasteiger partial charge in [0.1, 0.15) is 0 Å². The van der Waals surface area contributed by atoms with Crippen LogP contribution in [0.4, 0.5) is 14.5 Å². The minimum Gasteiger partial charge on any atom is -0.398 e. The molecule has 1 aromatic rings. The number of carbonyl (C=O) groups is 1. The fraction of sp³-hybridized carbons (Fsp3) is 0.364. The molecule has 1 rings (SSSR count). The summed E-state index contributed by atoms with van der Waals surface area (Å²) >= 11 is 0. The zero-order valence-corrected chi connectivity index (χ0v) is 9.49. The summed E-state index contributed by atoms with van der Waals surface area (Å²) in [7, 11) is 1.58. The summed E-state index contributed by atoms with van der Waals surface area (Å²) in [6.45, 7) is -0.0216. The van der Waals surface area contributed by atoms with E-state index in [1.165, 1.54) is 17.0 Å². The number of nitrogens with two attached hydrogens (primary N) is 2. The molecule has 1 amide bonds. The number of primary amides is 1. The molecule has 0 radical (unpaired) electrons. The molecule has 0 saturated carbocycles. The van der Waals surface area contributed by atoms with Crippen molar-refractivity contribution in [2.75, 3.05) is 19.3 Å². The third kappa shape index (κ3) is 3.99. The van der Waals surface area contributed by atoms with E-state index >= 15 is 0 Å². The molecule has 0 fully saturated rings. The van der Waals surface area contributed by atoms with Crippen molar-refractivity contribution in [2.24, 2.45) is 5.73 Å². The molecular formula is C11H15F2N3O. The number of benzene rings is 1. The van der Waals surface area contributed by atoms with Gasteiger partial charge in [-0.1, -0.05) is 6.07 Å². The fourth-order valence-corrected chi connectivity index (χ4v) is 1.48. The molecule has 0 bridgehead atoms. The lowest BCUT2D eigenvalue weighted by atomic mass is 10.1. The van der Waals surface area contributed by atoms with E-state index in [4.69, 9.17) is 11.5 Å². The van der Waals surface area contributed by atoms with Crippen LogP contribution in [0.25, 0.3) is 0 Å². The molecule has 0 atom stereocenters. The number of anilines is 1. The van der Waals surface area contributed by atoms with E-state index in [9.17, 15) is 13.6 Å². The lowest BCUT2D eigenvalue weighted by Crippen LogP contribution is -2.24. The molecule has 4 nitrogen and oxygen atoms in total. The first-order valence-electron chi connectivity index (χ1n) is 5.05. The van der Waals surface area contributed by atoms with Crippen LogP contribution < -0.4 is 11.5 Å². The smallest absolute Gasteiger partial charge is 0.251 e. The summed E-state index contributed by atoms with van der Waals surface area (Å²) in [5.41, 5.74) is 12.2. The third-order valence-electron chi connectivity index (χ3n) is 2.32. The molecule has 17 heavy (non-hydrogen) atoms. The number of nitrogens with zero attached hydrogens (tertiary/aromatic N) is 1. The highest BCUT2D eigenvalue weighted by Gasteiger charge is 2.10. The Bertz CT molecular complexity index is 410. The summed E-state index contributed by atoms with van der Waals surface area (Å²) in [5.74, 6) is -0.566. The zero-order chi connectivity index (χ0) is 13.0. The van der Waals surface area contributed by atoms with Gasteiger partial charge in [-0.15, -0.1) is 0 Å². The summed E-state index contributed by atoms with van der Waals surface area (Å²) in [6, 6.07) is 4.61. The molecule has 0 heterocycles. The van der Waals surface area contributed by atoms with Crippen LogP contribution in [0.5, 0.6) is 0 Å². The van der Waals surface area contributed by atoms with Crippen LogP contribution in [0.15, 0.2) is 18.2 Å². The van der Waals surface area contributed by atoms with E-state index in [2.05, 4.69) is 0 Å². The van der Waals surface area contributed by atoms with Crippen LogP contribution >= 0.6 is 0 Å². The quantitative estimate of drug-likeness (QED) is 0.760. The third-order valence-corrected chi connectivity index (χ3v) is 2.32. The summed E-state index contributed by atoms with van der Waals surface area (Å²) in [5, 5.41) is 0. The van der Waals surface area contributed by atoms with Crippen molar-refractivity contribution < 1.29 is 13.6 Å². The molecule has 0 aliphatic rings. The van der Waals surface area contributed by atoms with E-state index in [-0.39, 0.29) is 6.54 Å². The van der Waals surface area contributed by atoms with Crippen molar-refractivity contribution in [1.82, 2.24) is 4.90 Å². The number of amides is 1. The van der Waals surface area contributed by atoms with Crippen molar-refractivity contribution in [3.8, 4) is 0 Å². The first kappa shape index (κ1) is 13.4. The molecule has 0 aromatic heterocycles. The van der Waals surface area contributed by atoms with Gasteiger partial charge in [0.15, 0.2) is 0 Å². The van der Waals surface area contributed by atoms with E-state index in [1.54, 1.807) is 13.1 Å². The van der Waals surface area contributed by atoms with Gasteiger partial charge >= 0.3 is 0 Å². The minimum atomic E-state index is -2.38. The van der Waals surface area contributed by atoms with Crippen molar-refractivity contribution in [3.63, 3.8) is 0 Å². The van der Waals surface area contributed by atoms with Crippen molar-refractivity contribution in [3.05, 3.63) is 29.3 Å². The van der Waals surface area contributed by atoms with Gasteiger partial charge in [-0.3, -0.25) is 9.69 Å². The normalized spacial score (nSPS) is 11.1. The lowest BCUT2D eigenvalue weighted by Gasteiger charge is -2.17. The van der Waals surface area contributed by atoms with Crippen LogP contribution in [0.3, 0.4) is 0 Å². The minimum absolute atomic E-state index is 0.301. The Hall–Kier alpha value is -1.69. The summed E-state index contributed by atoms with van der Waals surface area (Å²) in [4.78, 5) is 12.3. The summed E-state index contributed by atoms with van der Waals surface area (Å²) in [6.07, 6.45) is -2.38. The highest BCUT2D eigenvalue weighted by molar-refractivity contribution is 5.93. The molecule has 0 saturated heterocycles. The van der Waals surface area contributed by atoms with E-state index in [0.29, 0.717) is 23.4 Å². The predicted molar refractivity (Wildman–Crippen MR) is 61.7 cm³/mol. The highest BCUT2D eigenvalue weighted by Crippen LogP contribution is 2.16. The number of hydrogen-bond acceptors (Lipinski definition) is 3. The number of hydrogen-bond donors (Lipinski definition) is 2. The van der Waals surface area contributed by atoms with Gasteiger partial charge in [-0.2, -0.15) is 0 Å². The Kier molecular flexibility index (Phi) is 4.39. The number of nitrogen functional groups attached to an aromatic ring is 1. The van der Waals surface area contributed by atoms with E-state index in [1.807, 2.05) is 0 Å². The number of rotatable bonds is 5. The molecule has 6 heteroatoms. The average Bonchev–Trinajstić information content (AvgIpc) is 2.19. The maximum absolute atomic E-state index is 12.1. The van der Waals surface area contributed by atoms with Crippen LogP contribution in [0, 0.1) is 0 Å². The second-order valence-electron chi connectivity index (χ2n) is 3.87. The van der Waals surface area contributed by atoms with Crippen molar-refractivity contribution in [1.29, 1.82) is 0 Å². The summed E-state index contributed by atoms with van der Waals surface area (Å²) < 4.78 is 24.2. The Morgan fingerprint density at radius 1 is 1.47 bits per heavy atom. The molecular weight excluding hydrogens is 228 g/mol. The topological polar surface area (TPSA) is 72.3 Å². The Balaban J connectivity index is 2.75. The second kappa shape index (κ2) is 5.58. The van der Waals surface area contributed by atoms with Gasteiger partial charge in [0.2, 0.25) is 5.91 Å². The Labute approximate surface area is 98.2 Å². The number of halogens is 2. The monoisotopic (exact) mass is 243 g/mol. The predicted octanol–water partition coefficient (Wildman–Crippen LogP) is 1.06. The Morgan fingerprint density at radius 2 is 2.12 bits per heavy atom. The SMILES string of the molecule is CN(Cc1ccc(C(N)=O)cc1N)CC(F)F. The number of carbonyl (C=O) groups excluding carboxylic acids is 1. The van der Waals surface area contributed by atoms with Gasteiger partial charge in [-0.05, 0) is 24.7 Å². The van der Waals surface area contributed by atoms with Gasteiger partial charge in [-0.25, -0.2) is 8.78 Å². The number of alkyl halides is 2. The lowest BCUT2D eigenvalue weighted by molar-refractivity contribution is 0.0976. The van der Waals surface area contributed by atoms with E-state index < -0.39 is 12.3 Å². The highest BCUT2D eigenvalue weighted by atomic mass is 19.3. The molecule has 0 aliphatic heterocycles. The van der Waals surface area contributed by atoms with Crippen LogP contribution in [-0.4, -0.2) is 30.8 Å². The maximum Gasteiger partial charge on any atom is 0.251 e.